The summed E-state index contributed by atoms with van der Waals surface area (Å²) in [6.07, 6.45) is 0. The second-order valence-electron chi connectivity index (χ2n) is 7.72. The lowest BCUT2D eigenvalue weighted by Crippen LogP contribution is -2.35. The van der Waals surface area contributed by atoms with Crippen molar-refractivity contribution in [1.29, 1.82) is 0 Å². The van der Waals surface area contributed by atoms with Gasteiger partial charge in [-0.15, -0.1) is 0 Å². The number of methoxy groups -OCH3 is 1. The summed E-state index contributed by atoms with van der Waals surface area (Å²) in [4.78, 5) is 16.8. The molecule has 1 aromatic heterocycles. The van der Waals surface area contributed by atoms with Crippen LogP contribution < -0.4 is 15.4 Å². The summed E-state index contributed by atoms with van der Waals surface area (Å²) in [6, 6.07) is 8.37. The van der Waals surface area contributed by atoms with Crippen molar-refractivity contribution in [3.63, 3.8) is 0 Å². The Morgan fingerprint density at radius 2 is 1.72 bits per heavy atom. The van der Waals surface area contributed by atoms with Crippen LogP contribution in [0.3, 0.4) is 0 Å². The van der Waals surface area contributed by atoms with Gasteiger partial charge in [0.15, 0.2) is 28.1 Å². The van der Waals surface area contributed by atoms with Crippen LogP contribution in [-0.2, 0) is 0 Å². The number of oxazole rings is 1. The van der Waals surface area contributed by atoms with Crippen molar-refractivity contribution in [1.82, 2.24) is 10.3 Å². The van der Waals surface area contributed by atoms with E-state index >= 15 is 0 Å². The first-order valence-electron chi connectivity index (χ1n) is 10.2. The number of hydrogen-bond acceptors (Lipinski definition) is 5. The number of halogens is 5. The molecular weight excluding hydrogens is 522 g/mol. The molecule has 0 radical (unpaired) electrons. The fourth-order valence-corrected chi connectivity index (χ4v) is 3.99. The van der Waals surface area contributed by atoms with E-state index in [4.69, 9.17) is 28.2 Å². The number of rotatable bonds is 4. The summed E-state index contributed by atoms with van der Waals surface area (Å²) in [5, 5.41) is 4.52. The van der Waals surface area contributed by atoms with Gasteiger partial charge in [0.25, 0.3) is 5.91 Å². The molecule has 0 saturated heterocycles. The van der Waals surface area contributed by atoms with Crippen LogP contribution in [0, 0.1) is 37.1 Å². The zero-order valence-corrected chi connectivity index (χ0v) is 20.4. The van der Waals surface area contributed by atoms with Crippen LogP contribution in [0.15, 0.2) is 34.7 Å². The SMILES string of the molecule is COc1c(F)c(F)c(C(=O)NC(=S)Nc2ccc(Cl)c(-c3nc4cc(C)cc(C)c4o3)c2)c(F)c1F. The Kier molecular flexibility index (Phi) is 6.87. The number of aryl methyl sites for hydroxylation is 2. The molecule has 0 aliphatic rings. The monoisotopic (exact) mass is 537 g/mol. The Morgan fingerprint density at radius 1 is 1.06 bits per heavy atom. The molecule has 0 aliphatic carbocycles. The van der Waals surface area contributed by atoms with Gasteiger partial charge in [-0.2, -0.15) is 8.78 Å². The summed E-state index contributed by atoms with van der Waals surface area (Å²) >= 11 is 11.3. The van der Waals surface area contributed by atoms with E-state index in [1.54, 1.807) is 0 Å². The van der Waals surface area contributed by atoms with Crippen molar-refractivity contribution in [2.45, 2.75) is 13.8 Å². The minimum atomic E-state index is -1.93. The van der Waals surface area contributed by atoms with Gasteiger partial charge in [0, 0.05) is 5.69 Å². The molecule has 36 heavy (non-hydrogen) atoms. The molecule has 2 N–H and O–H groups in total. The standard InChI is InChI=1S/C24H16ClF4N3O3S/c1-9-6-10(2)20-14(7-9)31-23(35-20)12-8-11(4-5-13(12)25)30-24(36)32-22(33)15-16(26)18(28)21(34-3)19(29)17(15)27/h4-8H,1-3H3,(H2,30,32,33,36). The highest BCUT2D eigenvalue weighted by Gasteiger charge is 2.30. The zero-order chi connectivity index (χ0) is 26.3. The van der Waals surface area contributed by atoms with E-state index in [-0.39, 0.29) is 5.89 Å². The van der Waals surface area contributed by atoms with Crippen LogP contribution in [0.25, 0.3) is 22.6 Å². The summed E-state index contributed by atoms with van der Waals surface area (Å²) in [5.74, 6) is -10.1. The van der Waals surface area contributed by atoms with E-state index in [0.717, 1.165) is 18.2 Å². The highest BCUT2D eigenvalue weighted by atomic mass is 35.5. The van der Waals surface area contributed by atoms with Gasteiger partial charge in [-0.05, 0) is 61.5 Å². The molecule has 6 nitrogen and oxygen atoms in total. The summed E-state index contributed by atoms with van der Waals surface area (Å²) in [6.45, 7) is 3.82. The third-order valence-corrected chi connectivity index (χ3v) is 5.69. The molecule has 1 amide bonds. The highest BCUT2D eigenvalue weighted by molar-refractivity contribution is 7.80. The maximum atomic E-state index is 14.2. The summed E-state index contributed by atoms with van der Waals surface area (Å²) in [7, 11) is 0.822. The first-order valence-corrected chi connectivity index (χ1v) is 11.0. The second kappa shape index (κ2) is 9.75. The number of nitrogens with zero attached hydrogens (tertiary/aromatic N) is 1. The van der Waals surface area contributed by atoms with E-state index in [1.165, 1.54) is 18.2 Å². The number of anilines is 1. The van der Waals surface area contributed by atoms with Crippen LogP contribution >= 0.6 is 23.8 Å². The van der Waals surface area contributed by atoms with Crippen molar-refractivity contribution in [2.75, 3.05) is 12.4 Å². The van der Waals surface area contributed by atoms with Crippen LogP contribution in [0.4, 0.5) is 23.2 Å². The number of nitrogens with one attached hydrogen (secondary N) is 2. The number of aromatic nitrogens is 1. The Labute approximate surface area is 212 Å². The molecule has 4 aromatic rings. The summed E-state index contributed by atoms with van der Waals surface area (Å²) in [5.41, 5.74) is 2.35. The number of thiocarbonyl (C=S) groups is 1. The van der Waals surface area contributed by atoms with E-state index in [1.807, 2.05) is 31.3 Å². The fourth-order valence-electron chi connectivity index (χ4n) is 3.58. The fraction of sp³-hybridized carbons (Fsp3) is 0.125. The number of benzene rings is 3. The predicted molar refractivity (Wildman–Crippen MR) is 130 cm³/mol. The lowest BCUT2D eigenvalue weighted by molar-refractivity contribution is 0.0966. The molecule has 0 atom stereocenters. The van der Waals surface area contributed by atoms with Gasteiger partial charge >= 0.3 is 0 Å². The minimum Gasteiger partial charge on any atom is -0.491 e. The third-order valence-electron chi connectivity index (χ3n) is 5.16. The number of carbonyl (C=O) groups excluding carboxylic acids is 1. The van der Waals surface area contributed by atoms with Gasteiger partial charge in [-0.1, -0.05) is 17.7 Å². The van der Waals surface area contributed by atoms with Crippen LogP contribution in [0.1, 0.15) is 21.5 Å². The molecule has 0 fully saturated rings. The van der Waals surface area contributed by atoms with E-state index < -0.39 is 45.6 Å². The normalized spacial score (nSPS) is 11.0. The quantitative estimate of drug-likeness (QED) is 0.177. The summed E-state index contributed by atoms with van der Waals surface area (Å²) < 4.78 is 66.5. The molecule has 12 heteroatoms. The van der Waals surface area contributed by atoms with Gasteiger partial charge in [0.2, 0.25) is 17.5 Å². The number of ether oxygens (including phenoxy) is 1. The smallest absolute Gasteiger partial charge is 0.263 e. The molecular formula is C24H16ClF4N3O3S. The number of fused-ring (bicyclic) bond motifs is 1. The van der Waals surface area contributed by atoms with Gasteiger partial charge < -0.3 is 14.5 Å². The molecule has 0 aliphatic heterocycles. The second-order valence-corrected chi connectivity index (χ2v) is 8.53. The highest BCUT2D eigenvalue weighted by Crippen LogP contribution is 2.34. The van der Waals surface area contributed by atoms with Crippen molar-refractivity contribution < 1.29 is 31.5 Å². The Hall–Kier alpha value is -3.70. The van der Waals surface area contributed by atoms with Crippen molar-refractivity contribution in [3.8, 4) is 17.2 Å². The van der Waals surface area contributed by atoms with Crippen LogP contribution in [0.5, 0.6) is 5.75 Å². The molecule has 0 saturated carbocycles. The molecule has 0 unspecified atom stereocenters. The van der Waals surface area contributed by atoms with Gasteiger partial charge in [0.1, 0.15) is 11.1 Å². The van der Waals surface area contributed by atoms with Gasteiger partial charge in [-0.3, -0.25) is 10.1 Å². The van der Waals surface area contributed by atoms with Crippen LogP contribution in [-0.4, -0.2) is 23.1 Å². The molecule has 0 bridgehead atoms. The molecule has 3 aromatic carbocycles. The Bertz CT molecular complexity index is 1530. The van der Waals surface area contributed by atoms with Gasteiger partial charge in [-0.25, -0.2) is 13.8 Å². The van der Waals surface area contributed by atoms with Crippen LogP contribution in [0.2, 0.25) is 5.02 Å². The third kappa shape index (κ3) is 4.59. The topological polar surface area (TPSA) is 76.4 Å². The molecule has 1 heterocycles. The number of amides is 1. The number of carbonyl (C=O) groups is 1. The van der Waals surface area contributed by atoms with E-state index in [0.29, 0.717) is 27.4 Å². The van der Waals surface area contributed by atoms with Crippen molar-refractivity contribution in [3.05, 3.63) is 75.3 Å². The maximum absolute atomic E-state index is 14.2. The average molecular weight is 538 g/mol. The average Bonchev–Trinajstić information content (AvgIpc) is 3.23. The molecule has 4 rings (SSSR count). The van der Waals surface area contributed by atoms with Crippen molar-refractivity contribution >= 4 is 51.6 Å². The predicted octanol–water partition coefficient (Wildman–Crippen LogP) is 6.46. The Morgan fingerprint density at radius 3 is 2.36 bits per heavy atom. The van der Waals surface area contributed by atoms with E-state index in [9.17, 15) is 22.4 Å². The number of hydrogen-bond donors (Lipinski definition) is 2. The molecule has 0 spiro atoms. The zero-order valence-electron chi connectivity index (χ0n) is 18.9. The van der Waals surface area contributed by atoms with E-state index in [2.05, 4.69) is 15.0 Å². The maximum Gasteiger partial charge on any atom is 0.263 e. The molecule has 186 valence electrons. The first-order chi connectivity index (χ1) is 17.0. The largest absolute Gasteiger partial charge is 0.491 e. The lowest BCUT2D eigenvalue weighted by atomic mass is 10.1. The van der Waals surface area contributed by atoms with Gasteiger partial charge in [0.05, 0.1) is 17.7 Å². The lowest BCUT2D eigenvalue weighted by Gasteiger charge is -2.13. The Balaban J connectivity index is 1.58. The first kappa shape index (κ1) is 25.4. The van der Waals surface area contributed by atoms with Crippen molar-refractivity contribution in [2.24, 2.45) is 0 Å². The minimum absolute atomic E-state index is 0.232.